The van der Waals surface area contributed by atoms with E-state index >= 15 is 0 Å². The molecule has 0 aromatic rings. The van der Waals surface area contributed by atoms with E-state index in [9.17, 15) is 4.79 Å². The van der Waals surface area contributed by atoms with E-state index in [0.29, 0.717) is 6.54 Å². The molecule has 0 aliphatic carbocycles. The Labute approximate surface area is 61.4 Å². The van der Waals surface area contributed by atoms with Gasteiger partial charge in [-0.2, -0.15) is 0 Å². The third-order valence-electron chi connectivity index (χ3n) is 1.69. The Bertz CT molecular complexity index is 99.8. The first-order valence-corrected chi connectivity index (χ1v) is 3.68. The van der Waals surface area contributed by atoms with Crippen LogP contribution in [0.2, 0.25) is 0 Å². The molecule has 0 spiro atoms. The summed E-state index contributed by atoms with van der Waals surface area (Å²) in [5.74, 6) is 0. The molecule has 1 aliphatic heterocycles. The maximum Gasteiger partial charge on any atom is 0.207 e. The summed E-state index contributed by atoms with van der Waals surface area (Å²) in [4.78, 5) is 12.1. The van der Waals surface area contributed by atoms with Crippen LogP contribution in [0.3, 0.4) is 0 Å². The number of nitrogens with one attached hydrogen (secondary N) is 1. The monoisotopic (exact) mass is 141 g/mol. The van der Waals surface area contributed by atoms with E-state index in [0.717, 1.165) is 19.5 Å². The number of likely N-dealkylation sites (tertiary alicyclic amines) is 1. The highest BCUT2D eigenvalue weighted by atomic mass is 16.1. The molecule has 1 N–H and O–H groups in total. The molecular formula is C7H13N2O. The van der Waals surface area contributed by atoms with Gasteiger partial charge in [-0.3, -0.25) is 9.69 Å². The van der Waals surface area contributed by atoms with Crippen LogP contribution in [0.25, 0.3) is 0 Å². The summed E-state index contributed by atoms with van der Waals surface area (Å²) >= 11 is 0. The number of hydrogen-bond donors (Lipinski definition) is 1. The minimum absolute atomic E-state index is 0.670. The van der Waals surface area contributed by atoms with Crippen molar-refractivity contribution in [1.82, 2.24) is 10.2 Å². The molecule has 0 bridgehead atoms. The molecule has 1 aliphatic rings. The Morgan fingerprint density at radius 1 is 1.40 bits per heavy atom. The van der Waals surface area contributed by atoms with Crippen LogP contribution in [0.15, 0.2) is 0 Å². The van der Waals surface area contributed by atoms with Crippen molar-refractivity contribution in [3.63, 3.8) is 0 Å². The second-order valence-corrected chi connectivity index (χ2v) is 2.45. The Hall–Kier alpha value is -0.570. The molecular weight excluding hydrogens is 128 g/mol. The zero-order valence-corrected chi connectivity index (χ0v) is 6.05. The van der Waals surface area contributed by atoms with E-state index in [1.807, 2.05) is 6.54 Å². The van der Waals surface area contributed by atoms with Gasteiger partial charge in [0, 0.05) is 13.1 Å². The van der Waals surface area contributed by atoms with Crippen molar-refractivity contribution in [2.45, 2.75) is 12.8 Å². The number of amides is 1. The Kier molecular flexibility index (Phi) is 3.22. The van der Waals surface area contributed by atoms with Gasteiger partial charge in [-0.05, 0) is 25.9 Å². The predicted octanol–water partition coefficient (Wildman–Crippen LogP) is -0.0100. The quantitative estimate of drug-likeness (QED) is 0.441. The molecule has 0 atom stereocenters. The Morgan fingerprint density at radius 2 is 2.10 bits per heavy atom. The zero-order chi connectivity index (χ0) is 7.23. The zero-order valence-electron chi connectivity index (χ0n) is 6.05. The van der Waals surface area contributed by atoms with E-state index in [1.54, 1.807) is 0 Å². The molecule has 1 rings (SSSR count). The molecule has 0 aromatic carbocycles. The van der Waals surface area contributed by atoms with Gasteiger partial charge in [0.15, 0.2) is 0 Å². The lowest BCUT2D eigenvalue weighted by Gasteiger charge is -2.11. The summed E-state index contributed by atoms with van der Waals surface area (Å²) in [7, 11) is 0. The Balaban J connectivity index is 1.96. The topological polar surface area (TPSA) is 32.3 Å². The van der Waals surface area contributed by atoms with Crippen molar-refractivity contribution >= 4 is 6.41 Å². The van der Waals surface area contributed by atoms with Gasteiger partial charge in [-0.25, -0.2) is 0 Å². The van der Waals surface area contributed by atoms with Gasteiger partial charge < -0.3 is 5.32 Å². The first kappa shape index (κ1) is 7.54. The average molecular weight is 141 g/mol. The fourth-order valence-corrected chi connectivity index (χ4v) is 1.15. The van der Waals surface area contributed by atoms with Crippen molar-refractivity contribution in [3.8, 4) is 0 Å². The van der Waals surface area contributed by atoms with Crippen molar-refractivity contribution in [1.29, 1.82) is 0 Å². The smallest absolute Gasteiger partial charge is 0.207 e. The molecule has 1 saturated heterocycles. The largest absolute Gasteiger partial charge is 0.357 e. The van der Waals surface area contributed by atoms with Crippen LogP contribution in [0.4, 0.5) is 0 Å². The first-order valence-electron chi connectivity index (χ1n) is 3.68. The van der Waals surface area contributed by atoms with Crippen molar-refractivity contribution in [2.24, 2.45) is 0 Å². The van der Waals surface area contributed by atoms with E-state index in [4.69, 9.17) is 0 Å². The number of carbonyl (C=O) groups is 1. The highest BCUT2D eigenvalue weighted by Crippen LogP contribution is 2.07. The summed E-state index contributed by atoms with van der Waals surface area (Å²) < 4.78 is 0. The van der Waals surface area contributed by atoms with Gasteiger partial charge in [0.1, 0.15) is 0 Å². The summed E-state index contributed by atoms with van der Waals surface area (Å²) in [5, 5.41) is 2.60. The van der Waals surface area contributed by atoms with E-state index in [-0.39, 0.29) is 0 Å². The van der Waals surface area contributed by atoms with Crippen LogP contribution in [0.5, 0.6) is 0 Å². The maximum atomic E-state index is 9.83. The van der Waals surface area contributed by atoms with E-state index < -0.39 is 0 Å². The first-order chi connectivity index (χ1) is 4.93. The minimum atomic E-state index is 0.670. The fourth-order valence-electron chi connectivity index (χ4n) is 1.15. The molecule has 0 aromatic heterocycles. The normalized spacial score (nSPS) is 19.2. The van der Waals surface area contributed by atoms with E-state index in [1.165, 1.54) is 12.8 Å². The van der Waals surface area contributed by atoms with E-state index in [2.05, 4.69) is 10.2 Å². The summed E-state index contributed by atoms with van der Waals surface area (Å²) in [5.41, 5.74) is 0. The number of nitrogens with zero attached hydrogens (tertiary/aromatic N) is 1. The van der Waals surface area contributed by atoms with Gasteiger partial charge in [0.25, 0.3) is 0 Å². The van der Waals surface area contributed by atoms with Crippen LogP contribution in [0.1, 0.15) is 12.8 Å². The van der Waals surface area contributed by atoms with Gasteiger partial charge >= 0.3 is 0 Å². The fraction of sp³-hybridized carbons (Fsp3) is 0.714. The van der Waals surface area contributed by atoms with Gasteiger partial charge in [-0.15, -0.1) is 0 Å². The second-order valence-electron chi connectivity index (χ2n) is 2.45. The minimum Gasteiger partial charge on any atom is -0.357 e. The van der Waals surface area contributed by atoms with Crippen LogP contribution < -0.4 is 5.32 Å². The lowest BCUT2D eigenvalue weighted by molar-refractivity contribution is -0.109. The SMILES string of the molecule is O=CNC[CH]N1CCCC1. The molecule has 10 heavy (non-hydrogen) atoms. The summed E-state index contributed by atoms with van der Waals surface area (Å²) in [6.07, 6.45) is 3.31. The Morgan fingerprint density at radius 3 is 2.70 bits per heavy atom. The van der Waals surface area contributed by atoms with Crippen molar-refractivity contribution in [3.05, 3.63) is 6.54 Å². The van der Waals surface area contributed by atoms with Gasteiger partial charge in [0.05, 0.1) is 0 Å². The second kappa shape index (κ2) is 4.28. The number of carbonyl (C=O) groups excluding carboxylic acids is 1. The highest BCUT2D eigenvalue weighted by molar-refractivity contribution is 5.45. The summed E-state index contributed by atoms with van der Waals surface area (Å²) in [6, 6.07) is 0. The summed E-state index contributed by atoms with van der Waals surface area (Å²) in [6.45, 7) is 5.02. The van der Waals surface area contributed by atoms with Gasteiger partial charge in [-0.1, -0.05) is 0 Å². The third-order valence-corrected chi connectivity index (χ3v) is 1.69. The highest BCUT2D eigenvalue weighted by Gasteiger charge is 2.09. The average Bonchev–Trinajstić information content (AvgIpc) is 2.41. The maximum absolute atomic E-state index is 9.83. The number of rotatable bonds is 4. The van der Waals surface area contributed by atoms with Crippen molar-refractivity contribution < 1.29 is 4.79 Å². The van der Waals surface area contributed by atoms with Crippen molar-refractivity contribution in [2.75, 3.05) is 19.6 Å². The molecule has 1 amide bonds. The molecule has 3 nitrogen and oxygen atoms in total. The van der Waals surface area contributed by atoms with Crippen LogP contribution in [-0.2, 0) is 4.79 Å². The van der Waals surface area contributed by atoms with Gasteiger partial charge in [0.2, 0.25) is 6.41 Å². The number of hydrogen-bond acceptors (Lipinski definition) is 2. The molecule has 3 heteroatoms. The molecule has 0 saturated carbocycles. The van der Waals surface area contributed by atoms with Crippen LogP contribution in [0, 0.1) is 6.54 Å². The predicted molar refractivity (Wildman–Crippen MR) is 39.2 cm³/mol. The van der Waals surface area contributed by atoms with Crippen LogP contribution in [-0.4, -0.2) is 30.9 Å². The third kappa shape index (κ3) is 2.35. The molecule has 57 valence electrons. The van der Waals surface area contributed by atoms with Crippen LogP contribution >= 0.6 is 0 Å². The molecule has 1 radical (unpaired) electrons. The lowest BCUT2D eigenvalue weighted by atomic mass is 10.4. The molecule has 0 unspecified atom stereocenters. The standard InChI is InChI=1S/C7H13N2O/c10-7-8-3-6-9-4-1-2-5-9/h6-7H,1-5H2,(H,8,10). The lowest BCUT2D eigenvalue weighted by Crippen LogP contribution is -2.24. The molecule has 1 heterocycles. The molecule has 1 fully saturated rings.